The number of aromatic amines is 1. The lowest BCUT2D eigenvalue weighted by atomic mass is 10.3. The molecule has 2 N–H and O–H groups in total. The molecule has 1 aliphatic rings. The van der Waals surface area contributed by atoms with Gasteiger partial charge in [0.1, 0.15) is 0 Å². The maximum atomic E-state index is 12.7. The Bertz CT molecular complexity index is 554. The maximum absolute atomic E-state index is 12.7. The third-order valence-corrected chi connectivity index (χ3v) is 6.83. The van der Waals surface area contributed by atoms with Gasteiger partial charge in [0.05, 0.1) is 4.90 Å². The number of aromatic nitrogens is 1. The number of thioether (sulfide) groups is 1. The van der Waals surface area contributed by atoms with Gasteiger partial charge in [-0.3, -0.25) is 0 Å². The quantitative estimate of drug-likeness (QED) is 0.837. The van der Waals surface area contributed by atoms with Crippen LogP contribution in [0.4, 0.5) is 0 Å². The molecule has 1 fully saturated rings. The normalized spacial score (nSPS) is 21.0. The second-order valence-electron chi connectivity index (χ2n) is 5.66. The summed E-state index contributed by atoms with van der Waals surface area (Å²) >= 11 is 1.87. The molecule has 1 unspecified atom stereocenters. The summed E-state index contributed by atoms with van der Waals surface area (Å²) in [5.74, 6) is 0.879. The Kier molecular flexibility index (Phi) is 5.76. The summed E-state index contributed by atoms with van der Waals surface area (Å²) in [4.78, 5) is 3.44. The molecule has 120 valence electrons. The fourth-order valence-corrected chi connectivity index (χ4v) is 5.19. The number of hydrogen-bond donors (Lipinski definition) is 2. The molecule has 2 rings (SSSR count). The Morgan fingerprint density at radius 1 is 1.52 bits per heavy atom. The smallest absolute Gasteiger partial charge is 0.244 e. The van der Waals surface area contributed by atoms with E-state index >= 15 is 0 Å². The van der Waals surface area contributed by atoms with Gasteiger partial charge in [0.25, 0.3) is 0 Å². The zero-order valence-electron chi connectivity index (χ0n) is 12.9. The van der Waals surface area contributed by atoms with Crippen LogP contribution in [0, 0.1) is 0 Å². The SMILES string of the molecule is CCC1CN(S(=O)(=O)c2c[nH]c(CNC(C)C)c2)CCS1. The van der Waals surface area contributed by atoms with Crippen LogP contribution < -0.4 is 5.32 Å². The second kappa shape index (κ2) is 7.17. The first-order chi connectivity index (χ1) is 9.93. The van der Waals surface area contributed by atoms with E-state index in [2.05, 4.69) is 31.1 Å². The van der Waals surface area contributed by atoms with Crippen LogP contribution >= 0.6 is 11.8 Å². The van der Waals surface area contributed by atoms with Crippen molar-refractivity contribution in [3.05, 3.63) is 18.0 Å². The number of hydrogen-bond acceptors (Lipinski definition) is 4. The first-order valence-corrected chi connectivity index (χ1v) is 9.94. The molecule has 1 aliphatic heterocycles. The van der Waals surface area contributed by atoms with E-state index in [4.69, 9.17) is 0 Å². The molecule has 1 aromatic rings. The van der Waals surface area contributed by atoms with Crippen molar-refractivity contribution in [1.82, 2.24) is 14.6 Å². The molecule has 2 heterocycles. The summed E-state index contributed by atoms with van der Waals surface area (Å²) in [6.45, 7) is 8.12. The van der Waals surface area contributed by atoms with Crippen molar-refractivity contribution in [2.75, 3.05) is 18.8 Å². The van der Waals surface area contributed by atoms with Gasteiger partial charge in [0.15, 0.2) is 0 Å². The molecule has 1 saturated heterocycles. The molecule has 5 nitrogen and oxygen atoms in total. The summed E-state index contributed by atoms with van der Waals surface area (Å²) in [6.07, 6.45) is 2.61. The van der Waals surface area contributed by atoms with Gasteiger partial charge in [0.2, 0.25) is 10.0 Å². The highest BCUT2D eigenvalue weighted by molar-refractivity contribution is 8.00. The van der Waals surface area contributed by atoms with E-state index in [9.17, 15) is 8.42 Å². The van der Waals surface area contributed by atoms with E-state index in [1.54, 1.807) is 16.6 Å². The van der Waals surface area contributed by atoms with Crippen LogP contribution in [0.1, 0.15) is 32.9 Å². The van der Waals surface area contributed by atoms with Crippen LogP contribution in [0.25, 0.3) is 0 Å². The molecule has 0 radical (unpaired) electrons. The van der Waals surface area contributed by atoms with E-state index in [1.807, 2.05) is 11.8 Å². The summed E-state index contributed by atoms with van der Waals surface area (Å²) in [6, 6.07) is 2.12. The average molecular weight is 332 g/mol. The van der Waals surface area contributed by atoms with E-state index < -0.39 is 10.0 Å². The van der Waals surface area contributed by atoms with Gasteiger partial charge in [-0.15, -0.1) is 0 Å². The van der Waals surface area contributed by atoms with E-state index in [0.717, 1.165) is 17.9 Å². The summed E-state index contributed by atoms with van der Waals surface area (Å²) in [5.41, 5.74) is 0.903. The monoisotopic (exact) mass is 331 g/mol. The fraction of sp³-hybridized carbons (Fsp3) is 0.714. The third kappa shape index (κ3) is 4.25. The second-order valence-corrected chi connectivity index (χ2v) is 9.01. The molecular formula is C14H25N3O2S2. The van der Waals surface area contributed by atoms with Crippen LogP contribution in [0.15, 0.2) is 17.2 Å². The number of nitrogens with one attached hydrogen (secondary N) is 2. The maximum Gasteiger partial charge on any atom is 0.244 e. The molecule has 0 saturated carbocycles. The summed E-state index contributed by atoms with van der Waals surface area (Å²) in [7, 11) is -3.36. The lowest BCUT2D eigenvalue weighted by molar-refractivity contribution is 0.416. The molecule has 1 aromatic heterocycles. The lowest BCUT2D eigenvalue weighted by Gasteiger charge is -2.30. The van der Waals surface area contributed by atoms with Crippen LogP contribution in [0.2, 0.25) is 0 Å². The van der Waals surface area contributed by atoms with Gasteiger partial charge in [-0.2, -0.15) is 16.1 Å². The first-order valence-electron chi connectivity index (χ1n) is 7.46. The van der Waals surface area contributed by atoms with Crippen molar-refractivity contribution in [3.63, 3.8) is 0 Å². The van der Waals surface area contributed by atoms with Crippen LogP contribution in [0.5, 0.6) is 0 Å². The predicted molar refractivity (Wildman–Crippen MR) is 88.1 cm³/mol. The van der Waals surface area contributed by atoms with Crippen LogP contribution in [-0.2, 0) is 16.6 Å². The highest BCUT2D eigenvalue weighted by Gasteiger charge is 2.30. The largest absolute Gasteiger partial charge is 0.363 e. The van der Waals surface area contributed by atoms with E-state index in [0.29, 0.717) is 35.8 Å². The van der Waals surface area contributed by atoms with Crippen LogP contribution in [-0.4, -0.2) is 47.8 Å². The Morgan fingerprint density at radius 3 is 2.95 bits per heavy atom. The summed E-state index contributed by atoms with van der Waals surface area (Å²) in [5, 5.41) is 3.69. The standard InChI is InChI=1S/C14H25N3O2S2/c1-4-13-10-17(5-6-20-13)21(18,19)14-7-12(16-9-14)8-15-11(2)3/h7,9,11,13,15-16H,4-6,8,10H2,1-3H3. The highest BCUT2D eigenvalue weighted by Crippen LogP contribution is 2.26. The minimum atomic E-state index is -3.36. The van der Waals surface area contributed by atoms with Crippen molar-refractivity contribution in [2.45, 2.75) is 49.9 Å². The zero-order chi connectivity index (χ0) is 15.5. The van der Waals surface area contributed by atoms with Gasteiger partial charge in [0, 0.05) is 48.6 Å². The molecule has 0 spiro atoms. The van der Waals surface area contributed by atoms with Crippen molar-refractivity contribution in [2.24, 2.45) is 0 Å². The molecular weight excluding hydrogens is 306 g/mol. The zero-order valence-corrected chi connectivity index (χ0v) is 14.6. The predicted octanol–water partition coefficient (Wildman–Crippen LogP) is 2.03. The van der Waals surface area contributed by atoms with Crippen molar-refractivity contribution >= 4 is 21.8 Å². The number of sulfonamides is 1. The Balaban J connectivity index is 2.08. The lowest BCUT2D eigenvalue weighted by Crippen LogP contribution is -2.41. The molecule has 1 atom stereocenters. The van der Waals surface area contributed by atoms with Crippen molar-refractivity contribution < 1.29 is 8.42 Å². The number of nitrogens with zero attached hydrogens (tertiary/aromatic N) is 1. The van der Waals surface area contributed by atoms with Gasteiger partial charge in [-0.25, -0.2) is 8.42 Å². The fourth-order valence-electron chi connectivity index (χ4n) is 2.29. The Morgan fingerprint density at radius 2 is 2.29 bits per heavy atom. The topological polar surface area (TPSA) is 65.2 Å². The van der Waals surface area contributed by atoms with E-state index in [-0.39, 0.29) is 0 Å². The Labute approximate surface area is 131 Å². The number of H-pyrrole nitrogens is 1. The Hall–Kier alpha value is -0.500. The van der Waals surface area contributed by atoms with Crippen LogP contribution in [0.3, 0.4) is 0 Å². The van der Waals surface area contributed by atoms with Crippen molar-refractivity contribution in [3.8, 4) is 0 Å². The van der Waals surface area contributed by atoms with Gasteiger partial charge < -0.3 is 10.3 Å². The van der Waals surface area contributed by atoms with Gasteiger partial charge >= 0.3 is 0 Å². The molecule has 0 aromatic carbocycles. The van der Waals surface area contributed by atoms with Crippen molar-refractivity contribution in [1.29, 1.82) is 0 Å². The molecule has 0 amide bonds. The average Bonchev–Trinajstić information content (AvgIpc) is 2.95. The molecule has 0 bridgehead atoms. The third-order valence-electron chi connectivity index (χ3n) is 3.61. The minimum absolute atomic E-state index is 0.373. The van der Waals surface area contributed by atoms with E-state index in [1.165, 1.54) is 0 Å². The molecule has 21 heavy (non-hydrogen) atoms. The van der Waals surface area contributed by atoms with Gasteiger partial charge in [-0.1, -0.05) is 20.8 Å². The highest BCUT2D eigenvalue weighted by atomic mass is 32.2. The molecule has 0 aliphatic carbocycles. The minimum Gasteiger partial charge on any atom is -0.363 e. The first kappa shape index (κ1) is 16.9. The van der Waals surface area contributed by atoms with Gasteiger partial charge in [-0.05, 0) is 12.5 Å². The molecule has 7 heteroatoms. The number of rotatable bonds is 6. The summed E-state index contributed by atoms with van der Waals surface area (Å²) < 4.78 is 27.0.